The Morgan fingerprint density at radius 3 is 2.06 bits per heavy atom. The minimum absolute atomic E-state index is 0.0478. The number of hydrogen-bond donors (Lipinski definition) is 1. The Labute approximate surface area is 194 Å². The summed E-state index contributed by atoms with van der Waals surface area (Å²) >= 11 is 0. The Bertz CT molecular complexity index is 1050. The minimum Gasteiger partial charge on any atom is -0.497 e. The first-order chi connectivity index (χ1) is 16.1. The fourth-order valence-corrected chi connectivity index (χ4v) is 4.08. The number of hydrogen-bond acceptors (Lipinski definition) is 4. The third-order valence-electron chi connectivity index (χ3n) is 5.99. The molecule has 0 aliphatic carbocycles. The summed E-state index contributed by atoms with van der Waals surface area (Å²) in [5.74, 6) is 0.699. The molecule has 33 heavy (non-hydrogen) atoms. The van der Waals surface area contributed by atoms with Gasteiger partial charge in [-0.15, -0.1) is 0 Å². The highest BCUT2D eigenvalue weighted by atomic mass is 16.5. The van der Waals surface area contributed by atoms with Crippen molar-refractivity contribution in [3.05, 3.63) is 96.1 Å². The van der Waals surface area contributed by atoms with Gasteiger partial charge < -0.3 is 19.9 Å². The van der Waals surface area contributed by atoms with E-state index in [-0.39, 0.29) is 24.3 Å². The van der Waals surface area contributed by atoms with Crippen molar-refractivity contribution in [3.8, 4) is 5.75 Å². The van der Waals surface area contributed by atoms with Crippen molar-refractivity contribution in [2.45, 2.75) is 12.5 Å². The second-order valence-electron chi connectivity index (χ2n) is 8.07. The van der Waals surface area contributed by atoms with Gasteiger partial charge in [0, 0.05) is 37.4 Å². The summed E-state index contributed by atoms with van der Waals surface area (Å²) in [7, 11) is 1.66. The number of benzene rings is 3. The van der Waals surface area contributed by atoms with Gasteiger partial charge in [-0.25, -0.2) is 0 Å². The second kappa shape index (κ2) is 10.7. The molecule has 1 fully saturated rings. The van der Waals surface area contributed by atoms with Crippen molar-refractivity contribution in [3.63, 3.8) is 0 Å². The number of amides is 2. The fourth-order valence-electron chi connectivity index (χ4n) is 4.08. The highest BCUT2D eigenvalue weighted by molar-refractivity contribution is 5.94. The topological polar surface area (TPSA) is 61.9 Å². The molecule has 3 aromatic carbocycles. The van der Waals surface area contributed by atoms with Gasteiger partial charge in [-0.1, -0.05) is 48.5 Å². The number of piperazine rings is 1. The predicted octanol–water partition coefficient (Wildman–Crippen LogP) is 3.91. The van der Waals surface area contributed by atoms with E-state index >= 15 is 0 Å². The molecule has 0 saturated carbocycles. The van der Waals surface area contributed by atoms with Crippen LogP contribution < -0.4 is 15.0 Å². The van der Waals surface area contributed by atoms with Crippen LogP contribution in [0, 0.1) is 0 Å². The number of methoxy groups -OCH3 is 1. The molecule has 6 nitrogen and oxygen atoms in total. The quantitative estimate of drug-likeness (QED) is 0.602. The fraction of sp³-hybridized carbons (Fsp3) is 0.259. The Hall–Kier alpha value is -3.80. The lowest BCUT2D eigenvalue weighted by molar-refractivity contribution is -0.132. The average Bonchev–Trinajstić information content (AvgIpc) is 2.89. The first-order valence-electron chi connectivity index (χ1n) is 11.2. The van der Waals surface area contributed by atoms with Crippen LogP contribution in [0.15, 0.2) is 84.9 Å². The lowest BCUT2D eigenvalue weighted by Gasteiger charge is -2.36. The summed E-state index contributed by atoms with van der Waals surface area (Å²) in [5.41, 5.74) is 2.63. The van der Waals surface area contributed by atoms with E-state index in [4.69, 9.17) is 4.74 Å². The summed E-state index contributed by atoms with van der Waals surface area (Å²) < 4.78 is 5.23. The highest BCUT2D eigenvalue weighted by Crippen LogP contribution is 2.22. The molecule has 2 amide bonds. The predicted molar refractivity (Wildman–Crippen MR) is 129 cm³/mol. The number of carbonyl (C=O) groups is 2. The van der Waals surface area contributed by atoms with Crippen LogP contribution in [0.25, 0.3) is 0 Å². The van der Waals surface area contributed by atoms with E-state index in [2.05, 4.69) is 10.2 Å². The van der Waals surface area contributed by atoms with E-state index in [1.54, 1.807) is 19.2 Å². The Balaban J connectivity index is 1.39. The number of ether oxygens (including phenoxy) is 1. The second-order valence-corrected chi connectivity index (χ2v) is 8.07. The van der Waals surface area contributed by atoms with Crippen LogP contribution in [0.3, 0.4) is 0 Å². The molecule has 0 radical (unpaired) electrons. The minimum atomic E-state index is -0.383. The molecule has 4 rings (SSSR count). The summed E-state index contributed by atoms with van der Waals surface area (Å²) in [5, 5.41) is 3.06. The molecular weight excluding hydrogens is 414 g/mol. The molecule has 1 heterocycles. The molecule has 1 aliphatic rings. The van der Waals surface area contributed by atoms with Crippen molar-refractivity contribution >= 4 is 17.5 Å². The third kappa shape index (κ3) is 5.71. The zero-order valence-electron chi connectivity index (χ0n) is 18.8. The van der Waals surface area contributed by atoms with Crippen molar-refractivity contribution < 1.29 is 14.3 Å². The Kier molecular flexibility index (Phi) is 7.25. The average molecular weight is 444 g/mol. The zero-order chi connectivity index (χ0) is 23.0. The molecule has 1 unspecified atom stereocenters. The van der Waals surface area contributed by atoms with Gasteiger partial charge in [0.2, 0.25) is 5.91 Å². The molecule has 0 bridgehead atoms. The van der Waals surface area contributed by atoms with Crippen LogP contribution >= 0.6 is 0 Å². The van der Waals surface area contributed by atoms with Crippen LogP contribution in [-0.2, 0) is 4.79 Å². The lowest BCUT2D eigenvalue weighted by atomic mass is 10.0. The molecule has 1 N–H and O–H groups in total. The van der Waals surface area contributed by atoms with Gasteiger partial charge in [-0.2, -0.15) is 0 Å². The number of rotatable bonds is 7. The summed E-state index contributed by atoms with van der Waals surface area (Å²) in [6.45, 7) is 2.84. The monoisotopic (exact) mass is 443 g/mol. The maximum absolute atomic E-state index is 13.2. The molecule has 1 saturated heterocycles. The maximum atomic E-state index is 13.2. The van der Waals surface area contributed by atoms with Crippen molar-refractivity contribution in [1.82, 2.24) is 10.2 Å². The first kappa shape index (κ1) is 22.4. The van der Waals surface area contributed by atoms with Gasteiger partial charge in [-0.05, 0) is 42.0 Å². The number of nitrogens with one attached hydrogen (secondary N) is 1. The standard InChI is InChI=1S/C27H29N3O3/c1-33-24-14-12-23(13-15-24)29-16-18-30(19-17-29)26(31)20-25(21-8-4-2-5-9-21)28-27(32)22-10-6-3-7-11-22/h2-15,25H,16-20H2,1H3,(H,28,32). The normalized spacial score (nSPS) is 14.5. The van der Waals surface area contributed by atoms with Gasteiger partial charge in [0.15, 0.2) is 0 Å². The lowest BCUT2D eigenvalue weighted by Crippen LogP contribution is -2.49. The zero-order valence-corrected chi connectivity index (χ0v) is 18.8. The van der Waals surface area contributed by atoms with Gasteiger partial charge in [0.1, 0.15) is 5.75 Å². The van der Waals surface area contributed by atoms with Crippen LogP contribution in [0.1, 0.15) is 28.4 Å². The van der Waals surface area contributed by atoms with Gasteiger partial charge >= 0.3 is 0 Å². The molecule has 0 aromatic heterocycles. The van der Waals surface area contributed by atoms with Gasteiger partial charge in [-0.3, -0.25) is 9.59 Å². The van der Waals surface area contributed by atoms with E-state index in [1.807, 2.05) is 77.7 Å². The molecule has 0 spiro atoms. The van der Waals surface area contributed by atoms with Gasteiger partial charge in [0.25, 0.3) is 5.91 Å². The van der Waals surface area contributed by atoms with Crippen LogP contribution in [-0.4, -0.2) is 50.0 Å². The molecule has 170 valence electrons. The maximum Gasteiger partial charge on any atom is 0.251 e. The Morgan fingerprint density at radius 1 is 0.848 bits per heavy atom. The first-order valence-corrected chi connectivity index (χ1v) is 11.2. The Morgan fingerprint density at radius 2 is 1.45 bits per heavy atom. The summed E-state index contributed by atoms with van der Waals surface area (Å²) in [6.07, 6.45) is 0.227. The van der Waals surface area contributed by atoms with E-state index < -0.39 is 0 Å². The molecular formula is C27H29N3O3. The van der Waals surface area contributed by atoms with E-state index in [0.717, 1.165) is 30.1 Å². The van der Waals surface area contributed by atoms with Crippen molar-refractivity contribution in [2.24, 2.45) is 0 Å². The highest BCUT2D eigenvalue weighted by Gasteiger charge is 2.25. The van der Waals surface area contributed by atoms with Crippen LogP contribution in [0.5, 0.6) is 5.75 Å². The van der Waals surface area contributed by atoms with Crippen LogP contribution in [0.4, 0.5) is 5.69 Å². The third-order valence-corrected chi connectivity index (χ3v) is 5.99. The molecule has 3 aromatic rings. The largest absolute Gasteiger partial charge is 0.497 e. The smallest absolute Gasteiger partial charge is 0.251 e. The molecule has 1 atom stereocenters. The molecule has 6 heteroatoms. The van der Waals surface area contributed by atoms with E-state index in [9.17, 15) is 9.59 Å². The van der Waals surface area contributed by atoms with E-state index in [1.165, 1.54) is 0 Å². The molecule has 1 aliphatic heterocycles. The number of carbonyl (C=O) groups excluding carboxylic acids is 2. The number of nitrogens with zero attached hydrogens (tertiary/aromatic N) is 2. The van der Waals surface area contributed by atoms with Crippen molar-refractivity contribution in [1.29, 1.82) is 0 Å². The van der Waals surface area contributed by atoms with Gasteiger partial charge in [0.05, 0.1) is 19.6 Å². The number of anilines is 1. The van der Waals surface area contributed by atoms with E-state index in [0.29, 0.717) is 18.7 Å². The van der Waals surface area contributed by atoms with Crippen molar-refractivity contribution in [2.75, 3.05) is 38.2 Å². The summed E-state index contributed by atoms with van der Waals surface area (Å²) in [6, 6.07) is 26.4. The summed E-state index contributed by atoms with van der Waals surface area (Å²) in [4.78, 5) is 30.1. The van der Waals surface area contributed by atoms with Crippen LogP contribution in [0.2, 0.25) is 0 Å². The SMILES string of the molecule is COc1ccc(N2CCN(C(=O)CC(NC(=O)c3ccccc3)c3ccccc3)CC2)cc1.